The van der Waals surface area contributed by atoms with Crippen LogP contribution in [0, 0.1) is 0 Å². The third kappa shape index (κ3) is 6.93. The van der Waals surface area contributed by atoms with E-state index >= 15 is 0 Å². The first-order valence-electron chi connectivity index (χ1n) is 7.54. The molecule has 2 aromatic carbocycles. The highest BCUT2D eigenvalue weighted by Gasteiger charge is 2.04. The van der Waals surface area contributed by atoms with Gasteiger partial charge in [-0.3, -0.25) is 4.21 Å². The smallest absolute Gasteiger partial charge is 0.321 e. The summed E-state index contributed by atoms with van der Waals surface area (Å²) in [5.41, 5.74) is 2.11. The normalized spacial score (nSPS) is 11.2. The van der Waals surface area contributed by atoms with Gasteiger partial charge in [-0.1, -0.05) is 44.2 Å². The van der Waals surface area contributed by atoms with Crippen molar-refractivity contribution in [1.82, 2.24) is 4.90 Å². The molecule has 0 saturated carbocycles. The van der Waals surface area contributed by atoms with Crippen LogP contribution in [0.2, 0.25) is 0 Å². The maximum absolute atomic E-state index is 11.3. The third-order valence-electron chi connectivity index (χ3n) is 3.17. The Hall–Kier alpha value is -2.18. The zero-order chi connectivity index (χ0) is 18.1. The first-order chi connectivity index (χ1) is 11.3. The second-order valence-electron chi connectivity index (χ2n) is 5.65. The monoisotopic (exact) mass is 347 g/mol. The lowest BCUT2D eigenvalue weighted by Crippen LogP contribution is -2.27. The molecule has 1 N–H and O–H groups in total. The van der Waals surface area contributed by atoms with Gasteiger partial charge in [0.05, 0.1) is 0 Å². The third-order valence-corrected chi connectivity index (χ3v) is 3.83. The van der Waals surface area contributed by atoms with Gasteiger partial charge >= 0.3 is 6.03 Å². The van der Waals surface area contributed by atoms with Crippen molar-refractivity contribution in [2.45, 2.75) is 24.7 Å². The Morgan fingerprint density at radius 3 is 1.96 bits per heavy atom. The maximum atomic E-state index is 11.3. The van der Waals surface area contributed by atoms with Gasteiger partial charge in [-0.2, -0.15) is 0 Å². The number of urea groups is 1. The SMILES string of the molecule is CC(C)c1ccc(NC(=O)N(C)C)cc1.O=S([O-])c1ccccc1. The van der Waals surface area contributed by atoms with E-state index in [1.165, 1.54) is 10.5 Å². The van der Waals surface area contributed by atoms with Crippen LogP contribution in [0.3, 0.4) is 0 Å². The predicted molar refractivity (Wildman–Crippen MR) is 96.9 cm³/mol. The molecular weight excluding hydrogens is 324 g/mol. The Morgan fingerprint density at radius 2 is 1.58 bits per heavy atom. The molecule has 0 heterocycles. The number of amides is 2. The predicted octanol–water partition coefficient (Wildman–Crippen LogP) is 3.83. The second-order valence-corrected chi connectivity index (χ2v) is 6.59. The van der Waals surface area contributed by atoms with Gasteiger partial charge < -0.3 is 14.8 Å². The molecule has 0 bridgehead atoms. The van der Waals surface area contributed by atoms with Crippen LogP contribution in [0.4, 0.5) is 10.5 Å². The number of nitrogens with one attached hydrogen (secondary N) is 1. The highest BCUT2D eigenvalue weighted by molar-refractivity contribution is 7.79. The summed E-state index contributed by atoms with van der Waals surface area (Å²) in [5.74, 6) is 0.517. The van der Waals surface area contributed by atoms with Crippen molar-refractivity contribution < 1.29 is 13.6 Å². The molecule has 6 heteroatoms. The van der Waals surface area contributed by atoms with Crippen LogP contribution in [-0.4, -0.2) is 33.8 Å². The molecule has 2 rings (SSSR count). The van der Waals surface area contributed by atoms with E-state index in [9.17, 15) is 13.6 Å². The lowest BCUT2D eigenvalue weighted by atomic mass is 10.0. The van der Waals surface area contributed by atoms with Gasteiger partial charge in [0.25, 0.3) is 0 Å². The van der Waals surface area contributed by atoms with E-state index in [1.54, 1.807) is 44.4 Å². The number of rotatable bonds is 3. The molecule has 24 heavy (non-hydrogen) atoms. The van der Waals surface area contributed by atoms with E-state index < -0.39 is 11.1 Å². The van der Waals surface area contributed by atoms with E-state index in [4.69, 9.17) is 0 Å². The molecule has 1 atom stereocenters. The molecule has 0 spiro atoms. The first kappa shape index (κ1) is 19.9. The van der Waals surface area contributed by atoms with Crippen molar-refractivity contribution in [2.75, 3.05) is 19.4 Å². The Balaban J connectivity index is 0.000000272. The fraction of sp³-hybridized carbons (Fsp3) is 0.278. The van der Waals surface area contributed by atoms with Crippen molar-refractivity contribution in [3.05, 3.63) is 60.2 Å². The van der Waals surface area contributed by atoms with Gasteiger partial charge in [0.15, 0.2) is 0 Å². The molecule has 0 aliphatic heterocycles. The van der Waals surface area contributed by atoms with Crippen molar-refractivity contribution in [2.24, 2.45) is 0 Å². The van der Waals surface area contributed by atoms with Crippen LogP contribution in [-0.2, 0) is 11.1 Å². The summed E-state index contributed by atoms with van der Waals surface area (Å²) in [4.78, 5) is 13.2. The van der Waals surface area contributed by atoms with Gasteiger partial charge in [0.2, 0.25) is 0 Å². The van der Waals surface area contributed by atoms with E-state index in [1.807, 2.05) is 24.3 Å². The zero-order valence-corrected chi connectivity index (χ0v) is 15.2. The average molecular weight is 347 g/mol. The molecular formula is C18H23N2O3S-. The molecule has 5 nitrogen and oxygen atoms in total. The summed E-state index contributed by atoms with van der Waals surface area (Å²) in [6.07, 6.45) is 0. The summed E-state index contributed by atoms with van der Waals surface area (Å²) in [5, 5.41) is 2.79. The van der Waals surface area contributed by atoms with Gasteiger partial charge in [-0.05, 0) is 46.8 Å². The van der Waals surface area contributed by atoms with Crippen molar-refractivity contribution in [1.29, 1.82) is 0 Å². The van der Waals surface area contributed by atoms with Crippen molar-refractivity contribution >= 4 is 22.8 Å². The van der Waals surface area contributed by atoms with E-state index in [0.717, 1.165) is 5.69 Å². The highest BCUT2D eigenvalue weighted by atomic mass is 32.2. The molecule has 2 aromatic rings. The number of anilines is 1. The molecule has 0 fully saturated rings. The molecule has 130 valence electrons. The van der Waals surface area contributed by atoms with Crippen LogP contribution >= 0.6 is 0 Å². The van der Waals surface area contributed by atoms with E-state index in [0.29, 0.717) is 10.8 Å². The quantitative estimate of drug-likeness (QED) is 0.858. The fourth-order valence-corrected chi connectivity index (χ4v) is 2.10. The van der Waals surface area contributed by atoms with Crippen LogP contribution in [0.1, 0.15) is 25.3 Å². The topological polar surface area (TPSA) is 72.5 Å². The number of benzene rings is 2. The summed E-state index contributed by atoms with van der Waals surface area (Å²) in [6, 6.07) is 16.1. The highest BCUT2D eigenvalue weighted by Crippen LogP contribution is 2.17. The molecule has 0 aromatic heterocycles. The molecule has 0 saturated heterocycles. The fourth-order valence-electron chi connectivity index (χ4n) is 1.72. The summed E-state index contributed by atoms with van der Waals surface area (Å²) in [7, 11) is 3.44. The Kier molecular flexibility index (Phi) is 8.15. The minimum atomic E-state index is -2.08. The van der Waals surface area contributed by atoms with Crippen LogP contribution in [0.15, 0.2) is 59.5 Å². The average Bonchev–Trinajstić information content (AvgIpc) is 2.56. The van der Waals surface area contributed by atoms with Gasteiger partial charge in [-0.25, -0.2) is 4.79 Å². The van der Waals surface area contributed by atoms with Crippen LogP contribution < -0.4 is 5.32 Å². The Morgan fingerprint density at radius 1 is 1.04 bits per heavy atom. The van der Waals surface area contributed by atoms with Gasteiger partial charge in [0, 0.05) is 24.7 Å². The second kappa shape index (κ2) is 9.85. The first-order valence-corrected chi connectivity index (χ1v) is 8.61. The summed E-state index contributed by atoms with van der Waals surface area (Å²) in [6.45, 7) is 4.29. The van der Waals surface area contributed by atoms with Crippen molar-refractivity contribution in [3.8, 4) is 0 Å². The molecule has 0 aliphatic carbocycles. The molecule has 2 amide bonds. The number of carbonyl (C=O) groups is 1. The van der Waals surface area contributed by atoms with E-state index in [-0.39, 0.29) is 6.03 Å². The summed E-state index contributed by atoms with van der Waals surface area (Å²) < 4.78 is 20.4. The minimum Gasteiger partial charge on any atom is -0.768 e. The molecule has 0 aliphatic rings. The summed E-state index contributed by atoms with van der Waals surface area (Å²) >= 11 is -2.08. The Bertz CT molecular complexity index is 656. The number of hydrogen-bond acceptors (Lipinski definition) is 3. The number of carbonyl (C=O) groups excluding carboxylic acids is 1. The number of hydrogen-bond donors (Lipinski definition) is 1. The minimum absolute atomic E-state index is 0.104. The van der Waals surface area contributed by atoms with Gasteiger partial charge in [0.1, 0.15) is 0 Å². The van der Waals surface area contributed by atoms with Crippen LogP contribution in [0.5, 0.6) is 0 Å². The standard InChI is InChI=1S/C12H18N2O.C6H6O2S/c1-9(2)10-5-7-11(8-6-10)13-12(15)14(3)4;7-9(8)6-4-2-1-3-5-6/h5-9H,1-4H3,(H,13,15);1-5H,(H,7,8)/p-1. The Labute approximate surface area is 146 Å². The zero-order valence-electron chi connectivity index (χ0n) is 14.4. The van der Waals surface area contributed by atoms with Gasteiger partial charge in [-0.15, -0.1) is 0 Å². The van der Waals surface area contributed by atoms with E-state index in [2.05, 4.69) is 19.2 Å². The maximum Gasteiger partial charge on any atom is 0.321 e. The number of nitrogens with zero attached hydrogens (tertiary/aromatic N) is 1. The lowest BCUT2D eigenvalue weighted by Gasteiger charge is -2.12. The molecule has 1 unspecified atom stereocenters. The lowest BCUT2D eigenvalue weighted by molar-refractivity contribution is 0.230. The largest absolute Gasteiger partial charge is 0.768 e. The molecule has 0 radical (unpaired) electrons. The van der Waals surface area contributed by atoms with Crippen molar-refractivity contribution in [3.63, 3.8) is 0 Å². The van der Waals surface area contributed by atoms with Crippen LogP contribution in [0.25, 0.3) is 0 Å².